The van der Waals surface area contributed by atoms with Crippen molar-refractivity contribution >= 4 is 172 Å². The molecule has 1 spiro atoms. The van der Waals surface area contributed by atoms with Crippen LogP contribution in [0, 0.1) is 11.3 Å². The van der Waals surface area contributed by atoms with E-state index < -0.39 is 190 Å². The Hall–Kier alpha value is -12.6. The molecular weight excluding hydrogens is 1920 g/mol. The third kappa shape index (κ3) is 25.7. The number of hydrogen-bond donors (Lipinski definition) is 20. The maximum absolute atomic E-state index is 15.5. The van der Waals surface area contributed by atoms with Crippen molar-refractivity contribution in [3.8, 4) is 5.75 Å². The Morgan fingerprint density at radius 3 is 2.04 bits per heavy atom. The van der Waals surface area contributed by atoms with Gasteiger partial charge in [-0.2, -0.15) is 4.98 Å². The third-order valence-corrected chi connectivity index (χ3v) is 30.8. The van der Waals surface area contributed by atoms with Gasteiger partial charge in [0.25, 0.3) is 17.4 Å². The molecule has 764 valence electrons. The molecule has 6 aliphatic rings. The van der Waals surface area contributed by atoms with Crippen LogP contribution in [-0.4, -0.2) is 321 Å². The minimum atomic E-state index is -2.60. The number of H-pyrrole nitrogens is 2. The van der Waals surface area contributed by atoms with Crippen LogP contribution >= 0.6 is 43.2 Å². The van der Waals surface area contributed by atoms with Gasteiger partial charge in [0.1, 0.15) is 48.0 Å². The van der Waals surface area contributed by atoms with E-state index >= 15 is 9.59 Å². The van der Waals surface area contributed by atoms with Crippen LogP contribution in [-0.2, 0) is 100 Å². The van der Waals surface area contributed by atoms with E-state index in [0.717, 1.165) is 29.0 Å². The highest BCUT2D eigenvalue weighted by Gasteiger charge is 2.79. The first-order chi connectivity index (χ1) is 67.1. The average molecular weight is 2040 g/mol. The summed E-state index contributed by atoms with van der Waals surface area (Å²) in [5, 5.41) is 103. The highest BCUT2D eigenvalue weighted by atomic mass is 33.1. The number of carbonyl (C=O) groups is 15. The number of hydrogen-bond acceptors (Lipinski definition) is 35. The molecule has 1 unspecified atom stereocenters. The highest BCUT2D eigenvalue weighted by Crippen LogP contribution is 2.68. The standard InChI is InChI=1S/C59H79N9O16S2.C32H39N9O12S2/c1-7-55(80)28-34-29-58(53(78)83-6,46-36(15-20-67(31-34)32-55)35-13-9-10-14-39(35)62-46)38-25-37-42(27-43(38)82-5)66(4)50-57(37)18-21-68-19-11-17-56(8-2,49(57)68)51(76)59(50,81)52(77)64-65-54(79)84-22-12-23-85-86-24-16-44(70)60-30-41(48(74)75)63-47(73)40(26-45(71)72)61-33(3)69;1-16(12-23(43)44)36-29(49)21(13-24(45)46)38-22(42)8-10-54-55-11-9-53-25(47)7-6-20(31(51)52)39-28(48)17-2-4-18(5-3-17)34-14-19-15-35-27-26(37-19)30(50)41-32(33)40-27/h9-11,13-14,17,25,27,34,40-41,49-51,62,76,80-81H,7-8,12,15-16,18-24,26,28-32H2,1-6H3,(H,60,70)(H,61,69)(H,63,73)(H,64,77)(H,65,79)(H,71,72)(H,74,75);2-5,15-16,20-21,34H,6-14H2,1H3,(H,36,49)(H,38,42)(H,39,48)(H,43,44)(H,45,46)(H,51,52)(H3,33,35,40,41,50)/t34-,40+,41+,49+,50-,51-,55+,56-,57-,58+,59+;16-,20+,21+/m11/s1. The van der Waals surface area contributed by atoms with Crippen molar-refractivity contribution in [2.24, 2.45) is 11.3 Å². The highest BCUT2D eigenvalue weighted by molar-refractivity contribution is 8.77. The molecule has 3 aromatic carbocycles. The van der Waals surface area contributed by atoms with Gasteiger partial charge in [-0.05, 0) is 118 Å². The van der Waals surface area contributed by atoms with Gasteiger partial charge in [0.05, 0.1) is 70.2 Å². The molecule has 5 aliphatic heterocycles. The fourth-order valence-electron chi connectivity index (χ4n) is 19.8. The molecule has 8 heterocycles. The molecule has 21 N–H and O–H groups in total. The van der Waals surface area contributed by atoms with Gasteiger partial charge in [-0.15, -0.1) is 0 Å². The fraction of sp³-hybridized carbons (Fsp3) is 0.527. The number of piperidine rings is 1. The first-order valence-corrected chi connectivity index (χ1v) is 50.6. The molecule has 1 aliphatic carbocycles. The number of carboxylic acid groups (broad SMARTS) is 5. The largest absolute Gasteiger partial charge is 0.496 e. The normalized spacial score (nSPS) is 22.8. The van der Waals surface area contributed by atoms with E-state index in [4.69, 9.17) is 40.0 Å². The number of benzene rings is 3. The van der Waals surface area contributed by atoms with Crippen LogP contribution in [0.5, 0.6) is 5.75 Å². The Kier molecular flexibility index (Phi) is 37.2. The van der Waals surface area contributed by atoms with Crippen LogP contribution in [0.4, 0.5) is 22.1 Å². The molecule has 12 rings (SSSR count). The molecule has 0 radical (unpaired) electrons. The van der Waals surface area contributed by atoms with E-state index in [1.807, 2.05) is 61.2 Å². The van der Waals surface area contributed by atoms with Gasteiger partial charge in [-0.3, -0.25) is 82.5 Å². The van der Waals surface area contributed by atoms with E-state index in [2.05, 4.69) is 88.9 Å². The molecule has 2 saturated heterocycles. The number of anilines is 3. The molecule has 15 atom stereocenters. The number of esters is 2. The number of nitrogens with zero attached hydrogens (tertiary/aromatic N) is 6. The lowest BCUT2D eigenvalue weighted by Crippen LogP contribution is -2.82. The first-order valence-electron chi connectivity index (χ1n) is 45.6. The number of aliphatic hydroxyl groups is 3. The van der Waals surface area contributed by atoms with Gasteiger partial charge in [0, 0.05) is 157 Å². The minimum Gasteiger partial charge on any atom is -0.496 e. The number of nitrogen functional groups attached to an aromatic ring is 1. The van der Waals surface area contributed by atoms with Crippen LogP contribution < -0.4 is 69.0 Å². The van der Waals surface area contributed by atoms with Gasteiger partial charge < -0.3 is 113 Å². The first kappa shape index (κ1) is 109. The summed E-state index contributed by atoms with van der Waals surface area (Å²) in [4.78, 5) is 223. The van der Waals surface area contributed by atoms with Gasteiger partial charge in [0.2, 0.25) is 35.5 Å². The Morgan fingerprint density at radius 1 is 0.702 bits per heavy atom. The number of aliphatic carboxylic acids is 5. The number of fused-ring (bicyclic) bond motifs is 7. The summed E-state index contributed by atoms with van der Waals surface area (Å²) >= 11 is 0. The number of aliphatic hydroxyl groups excluding tert-OH is 1. The predicted molar refractivity (Wildman–Crippen MR) is 517 cm³/mol. The van der Waals surface area contributed by atoms with Crippen LogP contribution in [0.3, 0.4) is 0 Å². The monoisotopic (exact) mass is 2040 g/mol. The third-order valence-electron chi connectivity index (χ3n) is 25.9. The average Bonchev–Trinajstić information content (AvgIpc) is 1.48. The number of aromatic nitrogens is 5. The Balaban J connectivity index is 0.000000298. The zero-order chi connectivity index (χ0) is 103. The Labute approximate surface area is 823 Å². The zero-order valence-corrected chi connectivity index (χ0v) is 81.7. The van der Waals surface area contributed by atoms with E-state index in [9.17, 15) is 92.7 Å². The lowest BCUT2D eigenvalue weighted by Gasteiger charge is -2.63. The topological polar surface area (TPSA) is 686 Å². The zero-order valence-electron chi connectivity index (χ0n) is 78.4. The minimum absolute atomic E-state index is 0.0133. The van der Waals surface area contributed by atoms with Crippen molar-refractivity contribution in [2.75, 3.05) is 113 Å². The molecule has 8 amide bonds. The van der Waals surface area contributed by atoms with Crippen molar-refractivity contribution in [3.05, 3.63) is 123 Å². The summed E-state index contributed by atoms with van der Waals surface area (Å²) in [6.45, 7) is 8.89. The Morgan fingerprint density at radius 2 is 1.38 bits per heavy atom. The number of para-hydroxylation sites is 1. The summed E-state index contributed by atoms with van der Waals surface area (Å²) in [5.74, 6) is -11.8. The van der Waals surface area contributed by atoms with Crippen molar-refractivity contribution in [2.45, 2.75) is 195 Å². The molecule has 6 aromatic rings. The van der Waals surface area contributed by atoms with Crippen LogP contribution in [0.2, 0.25) is 0 Å². The van der Waals surface area contributed by atoms with Gasteiger partial charge in [0.15, 0.2) is 16.8 Å². The van der Waals surface area contributed by atoms with E-state index in [-0.39, 0.29) is 92.6 Å². The Bertz CT molecular complexity index is 5750. The number of likely N-dealkylation sites (N-methyl/N-ethyl adjacent to an activating group) is 1. The summed E-state index contributed by atoms with van der Waals surface area (Å²) < 4.78 is 22.9. The summed E-state index contributed by atoms with van der Waals surface area (Å²) in [6, 6.07) is 9.72. The second-order valence-electron chi connectivity index (χ2n) is 35.3. The van der Waals surface area contributed by atoms with Gasteiger partial charge >= 0.3 is 47.9 Å². The number of aromatic amines is 2. The van der Waals surface area contributed by atoms with Crippen molar-refractivity contribution in [1.29, 1.82) is 0 Å². The lowest BCUT2D eigenvalue weighted by atomic mass is 9.47. The SMILES string of the molecule is CC[C@]1(O)C[C@H]2CN(CCc3c([nH]c4ccccc34)[C@@](C(=O)OC)(c3cc4c(cc3OC)N(C)[C@H]3[C@@](O)(C(=O)NNC(=O)OCCCSSCCC(=O)NC[C@H](NC(=O)[C@H](CC(=O)O)NC(C)=O)C(=O)O)[C@H](O)[C@]5(CC)C=CCN6CC[C@]43[C@@H]65)C2)C1.C[C@H](CC(=O)O)NC(=O)[C@H](CC(=O)O)NC(=O)CCSSCCOC(=O)CC[C@H](NC(=O)c1ccc(NCc2cnc3nc(N)[nH]c(=O)c3n2)cc1)C(=O)O. The van der Waals surface area contributed by atoms with Crippen LogP contribution in [0.25, 0.3) is 22.1 Å². The number of hydrazine groups is 1. The molecule has 1 saturated carbocycles. The van der Waals surface area contributed by atoms with Gasteiger partial charge in [-0.1, -0.05) is 87.4 Å². The number of nitrogens with one attached hydrogen (secondary N) is 11. The number of methoxy groups -OCH3 is 2. The van der Waals surface area contributed by atoms with Crippen LogP contribution in [0.15, 0.2) is 83.8 Å². The summed E-state index contributed by atoms with van der Waals surface area (Å²) in [7, 11) is 9.94. The number of carboxylic acids is 5. The molecule has 50 heteroatoms. The predicted octanol–water partition coefficient (Wildman–Crippen LogP) is 1.96. The van der Waals surface area contributed by atoms with Gasteiger partial charge in [-0.25, -0.2) is 29.8 Å². The number of ether oxygens (including phenoxy) is 4. The smallest absolute Gasteiger partial charge is 0.426 e. The number of nitrogens with two attached hydrogens (primary N) is 1. The van der Waals surface area contributed by atoms with Crippen molar-refractivity contribution in [3.63, 3.8) is 0 Å². The summed E-state index contributed by atoms with van der Waals surface area (Å²) in [6.07, 6.45) is 3.05. The number of amides is 8. The molecule has 3 fully saturated rings. The second kappa shape index (κ2) is 48.3. The maximum Gasteiger partial charge on any atom is 0.426 e. The molecule has 2 bridgehead atoms. The lowest BCUT2D eigenvalue weighted by molar-refractivity contribution is -0.204. The van der Waals surface area contributed by atoms with E-state index in [1.165, 1.54) is 75.5 Å². The van der Waals surface area contributed by atoms with Crippen LogP contribution in [0.1, 0.15) is 150 Å². The van der Waals surface area contributed by atoms with Crippen molar-refractivity contribution < 1.29 is 132 Å². The quantitative estimate of drug-likeness (QED) is 0.00649. The van der Waals surface area contributed by atoms with Crippen molar-refractivity contribution in [1.82, 2.24) is 77.5 Å². The molecular formula is C91H118N18O28S4. The molecule has 3 aromatic heterocycles. The number of rotatable bonds is 45. The second-order valence-corrected chi connectivity index (χ2v) is 40.7. The maximum atomic E-state index is 15.5. The van der Waals surface area contributed by atoms with E-state index in [0.29, 0.717) is 123 Å². The fourth-order valence-corrected chi connectivity index (χ4v) is 23.7. The number of carbonyl (C=O) groups excluding carboxylic acids is 10. The molecule has 141 heavy (non-hydrogen) atoms. The van der Waals surface area contributed by atoms with E-state index in [1.54, 1.807) is 26.3 Å². The molecule has 46 nitrogen and oxygen atoms in total. The summed E-state index contributed by atoms with van der Waals surface area (Å²) in [5.41, 5.74) is 7.99.